The first kappa shape index (κ1) is 14.6. The number of hydrogen-bond acceptors (Lipinski definition) is 4. The number of benzene rings is 2. The van der Waals surface area contributed by atoms with Crippen LogP contribution in [0.3, 0.4) is 0 Å². The second-order valence-electron chi connectivity index (χ2n) is 6.02. The van der Waals surface area contributed by atoms with Crippen molar-refractivity contribution in [1.82, 2.24) is 19.6 Å². The minimum Gasteiger partial charge on any atom is -0.337 e. The summed E-state index contributed by atoms with van der Waals surface area (Å²) in [5.74, 6) is 1.67. The Bertz CT molecular complexity index is 1050. The zero-order valence-corrected chi connectivity index (χ0v) is 14.0. The van der Waals surface area contributed by atoms with Crippen molar-refractivity contribution in [3.05, 3.63) is 59.4 Å². The Morgan fingerprint density at radius 2 is 1.88 bits per heavy atom. The number of para-hydroxylation sites is 2. The van der Waals surface area contributed by atoms with Gasteiger partial charge in [0.05, 0.1) is 11.0 Å². The van der Waals surface area contributed by atoms with Crippen LogP contribution in [0, 0.1) is 13.8 Å². The molecule has 2 aromatic heterocycles. The average Bonchev–Trinajstić information content (AvgIpc) is 3.02. The van der Waals surface area contributed by atoms with Crippen LogP contribution in [0.4, 0.5) is 11.5 Å². The second kappa shape index (κ2) is 5.60. The van der Waals surface area contributed by atoms with Crippen molar-refractivity contribution in [3.63, 3.8) is 0 Å². The van der Waals surface area contributed by atoms with Crippen molar-refractivity contribution in [2.45, 2.75) is 27.2 Å². The molecular weight excluding hydrogens is 298 g/mol. The summed E-state index contributed by atoms with van der Waals surface area (Å²) in [5, 5.41) is 12.1. The summed E-state index contributed by atoms with van der Waals surface area (Å²) in [6.07, 6.45) is 0.818. The summed E-state index contributed by atoms with van der Waals surface area (Å²) in [6.45, 7) is 6.27. The van der Waals surface area contributed by atoms with Gasteiger partial charge in [-0.3, -0.25) is 4.40 Å². The lowest BCUT2D eigenvalue weighted by atomic mass is 10.1. The van der Waals surface area contributed by atoms with Crippen LogP contribution in [0.15, 0.2) is 42.5 Å². The molecule has 0 saturated carbocycles. The van der Waals surface area contributed by atoms with Crippen LogP contribution in [-0.2, 0) is 6.42 Å². The molecule has 5 nitrogen and oxygen atoms in total. The molecule has 2 heterocycles. The van der Waals surface area contributed by atoms with Crippen molar-refractivity contribution in [2.24, 2.45) is 0 Å². The fourth-order valence-corrected chi connectivity index (χ4v) is 3.04. The molecule has 0 bridgehead atoms. The van der Waals surface area contributed by atoms with Gasteiger partial charge in [-0.25, -0.2) is 4.98 Å². The molecule has 0 unspecified atom stereocenters. The molecule has 5 heteroatoms. The average molecular weight is 317 g/mol. The highest BCUT2D eigenvalue weighted by Crippen LogP contribution is 2.26. The van der Waals surface area contributed by atoms with Gasteiger partial charge in [-0.15, -0.1) is 10.2 Å². The fraction of sp³-hybridized carbons (Fsp3) is 0.211. The minimum absolute atomic E-state index is 0.729. The highest BCUT2D eigenvalue weighted by Gasteiger charge is 2.14. The van der Waals surface area contributed by atoms with E-state index in [-0.39, 0.29) is 0 Å². The van der Waals surface area contributed by atoms with E-state index in [2.05, 4.69) is 65.0 Å². The Morgan fingerprint density at radius 1 is 1.04 bits per heavy atom. The summed E-state index contributed by atoms with van der Waals surface area (Å²) in [6, 6.07) is 14.4. The number of rotatable bonds is 3. The van der Waals surface area contributed by atoms with Crippen molar-refractivity contribution in [3.8, 4) is 0 Å². The molecule has 1 N–H and O–H groups in total. The maximum atomic E-state index is 4.78. The zero-order chi connectivity index (χ0) is 16.7. The molecule has 0 aliphatic carbocycles. The van der Waals surface area contributed by atoms with Crippen LogP contribution in [0.2, 0.25) is 0 Å². The zero-order valence-electron chi connectivity index (χ0n) is 14.0. The van der Waals surface area contributed by atoms with E-state index in [0.29, 0.717) is 0 Å². The van der Waals surface area contributed by atoms with Gasteiger partial charge in [-0.2, -0.15) is 0 Å². The molecule has 24 heavy (non-hydrogen) atoms. The number of aromatic nitrogens is 4. The number of nitrogens with one attached hydrogen (secondary N) is 1. The Balaban J connectivity index is 1.95. The van der Waals surface area contributed by atoms with Gasteiger partial charge in [-0.05, 0) is 37.6 Å². The van der Waals surface area contributed by atoms with E-state index < -0.39 is 0 Å². The first-order chi connectivity index (χ1) is 11.7. The van der Waals surface area contributed by atoms with Gasteiger partial charge in [-0.1, -0.05) is 36.8 Å². The summed E-state index contributed by atoms with van der Waals surface area (Å²) in [5.41, 5.74) is 6.16. The Morgan fingerprint density at radius 3 is 2.67 bits per heavy atom. The quantitative estimate of drug-likeness (QED) is 0.615. The highest BCUT2D eigenvalue weighted by molar-refractivity contribution is 5.84. The van der Waals surface area contributed by atoms with E-state index in [1.165, 1.54) is 11.1 Å². The van der Waals surface area contributed by atoms with Gasteiger partial charge in [0.25, 0.3) is 0 Å². The van der Waals surface area contributed by atoms with E-state index in [1.807, 2.05) is 18.2 Å². The number of aryl methyl sites for hydroxylation is 3. The molecule has 0 amide bonds. The molecule has 0 aliphatic heterocycles. The summed E-state index contributed by atoms with van der Waals surface area (Å²) < 4.78 is 2.09. The predicted molar refractivity (Wildman–Crippen MR) is 96.9 cm³/mol. The molecule has 0 atom stereocenters. The second-order valence-corrected chi connectivity index (χ2v) is 6.02. The topological polar surface area (TPSA) is 55.1 Å². The van der Waals surface area contributed by atoms with Crippen molar-refractivity contribution in [1.29, 1.82) is 0 Å². The van der Waals surface area contributed by atoms with E-state index in [0.717, 1.165) is 40.4 Å². The Hall–Kier alpha value is -2.95. The molecule has 4 aromatic rings. The van der Waals surface area contributed by atoms with E-state index >= 15 is 0 Å². The third-order valence-electron chi connectivity index (χ3n) is 4.25. The molecule has 0 saturated heterocycles. The lowest BCUT2D eigenvalue weighted by Crippen LogP contribution is -2.03. The van der Waals surface area contributed by atoms with Crippen LogP contribution in [-0.4, -0.2) is 19.6 Å². The van der Waals surface area contributed by atoms with Crippen LogP contribution < -0.4 is 5.32 Å². The summed E-state index contributed by atoms with van der Waals surface area (Å²) in [7, 11) is 0. The van der Waals surface area contributed by atoms with Crippen LogP contribution in [0.25, 0.3) is 16.7 Å². The maximum Gasteiger partial charge on any atom is 0.204 e. The molecule has 0 aliphatic rings. The SMILES string of the molecule is CCc1nnc2c(Nc3ccc(C)cc3C)nc3ccccc3n12. The van der Waals surface area contributed by atoms with Crippen LogP contribution in [0.5, 0.6) is 0 Å². The largest absolute Gasteiger partial charge is 0.337 e. The third-order valence-corrected chi connectivity index (χ3v) is 4.25. The van der Waals surface area contributed by atoms with Crippen molar-refractivity contribution < 1.29 is 0 Å². The Kier molecular flexibility index (Phi) is 3.41. The van der Waals surface area contributed by atoms with E-state index in [9.17, 15) is 0 Å². The molecule has 2 aromatic carbocycles. The van der Waals surface area contributed by atoms with Crippen molar-refractivity contribution >= 4 is 28.2 Å². The van der Waals surface area contributed by atoms with Crippen LogP contribution >= 0.6 is 0 Å². The van der Waals surface area contributed by atoms with E-state index in [1.54, 1.807) is 0 Å². The normalized spacial score (nSPS) is 11.3. The number of hydrogen-bond donors (Lipinski definition) is 1. The highest BCUT2D eigenvalue weighted by atomic mass is 15.3. The van der Waals surface area contributed by atoms with E-state index in [4.69, 9.17) is 4.98 Å². The molecule has 4 rings (SSSR count). The van der Waals surface area contributed by atoms with Crippen molar-refractivity contribution in [2.75, 3.05) is 5.32 Å². The maximum absolute atomic E-state index is 4.78. The first-order valence-corrected chi connectivity index (χ1v) is 8.14. The van der Waals surface area contributed by atoms with Gasteiger partial charge in [0, 0.05) is 12.1 Å². The third kappa shape index (κ3) is 2.29. The summed E-state index contributed by atoms with van der Waals surface area (Å²) >= 11 is 0. The fourth-order valence-electron chi connectivity index (χ4n) is 3.04. The Labute approximate surface area is 140 Å². The van der Waals surface area contributed by atoms with Gasteiger partial charge in [0.2, 0.25) is 5.65 Å². The lowest BCUT2D eigenvalue weighted by molar-refractivity contribution is 0.922. The van der Waals surface area contributed by atoms with Gasteiger partial charge in [0.1, 0.15) is 5.82 Å². The standard InChI is InChI=1S/C19H19N5/c1-4-17-22-23-19-18(20-14-10-9-12(2)11-13(14)3)21-15-7-5-6-8-16(15)24(17)19/h5-11H,4H2,1-3H3,(H,20,21). The molecule has 0 radical (unpaired) electrons. The summed E-state index contributed by atoms with van der Waals surface area (Å²) in [4.78, 5) is 4.78. The van der Waals surface area contributed by atoms with Gasteiger partial charge in [0.15, 0.2) is 5.82 Å². The minimum atomic E-state index is 0.729. The van der Waals surface area contributed by atoms with Gasteiger partial charge >= 0.3 is 0 Å². The molecule has 0 spiro atoms. The lowest BCUT2D eigenvalue weighted by Gasteiger charge is -2.12. The smallest absolute Gasteiger partial charge is 0.204 e. The van der Waals surface area contributed by atoms with Gasteiger partial charge < -0.3 is 5.32 Å². The molecular formula is C19H19N5. The monoisotopic (exact) mass is 317 g/mol. The number of fused-ring (bicyclic) bond motifs is 3. The van der Waals surface area contributed by atoms with Crippen LogP contribution in [0.1, 0.15) is 23.9 Å². The number of nitrogens with zero attached hydrogens (tertiary/aromatic N) is 4. The molecule has 0 fully saturated rings. The molecule has 120 valence electrons. The predicted octanol–water partition coefficient (Wildman–Crippen LogP) is 4.20. The number of anilines is 2. The first-order valence-electron chi connectivity index (χ1n) is 8.14.